The zero-order valence-electron chi connectivity index (χ0n) is 11.9. The van der Waals surface area contributed by atoms with E-state index in [-0.39, 0.29) is 12.0 Å². The Morgan fingerprint density at radius 1 is 1.40 bits per heavy atom. The summed E-state index contributed by atoms with van der Waals surface area (Å²) < 4.78 is 7.40. The van der Waals surface area contributed by atoms with Crippen LogP contribution in [0.1, 0.15) is 18.7 Å². The van der Waals surface area contributed by atoms with Gasteiger partial charge < -0.3 is 14.2 Å². The topological polar surface area (TPSA) is 63.5 Å². The Morgan fingerprint density at radius 3 is 2.80 bits per heavy atom. The molecule has 1 aromatic heterocycles. The number of piperazine rings is 1. The monoisotopic (exact) mass is 279 g/mol. The second-order valence-electron chi connectivity index (χ2n) is 5.46. The first-order valence-electron chi connectivity index (χ1n) is 7.19. The van der Waals surface area contributed by atoms with E-state index in [1.807, 2.05) is 16.5 Å². The van der Waals surface area contributed by atoms with Crippen LogP contribution < -0.4 is 0 Å². The third-order valence-corrected chi connectivity index (χ3v) is 4.06. The van der Waals surface area contributed by atoms with Crippen LogP contribution in [0.5, 0.6) is 0 Å². The summed E-state index contributed by atoms with van der Waals surface area (Å²) in [6, 6.07) is 0. The normalized spacial score (nSPS) is 24.2. The summed E-state index contributed by atoms with van der Waals surface area (Å²) in [5.41, 5.74) is 0. The molecule has 20 heavy (non-hydrogen) atoms. The van der Waals surface area contributed by atoms with E-state index in [1.54, 1.807) is 6.33 Å². The SMILES string of the molecule is Cn1cnnc1CN1CCN(C(=O)[C@H]2CCCO2)CC1. The van der Waals surface area contributed by atoms with Crippen molar-refractivity contribution < 1.29 is 9.53 Å². The lowest BCUT2D eigenvalue weighted by Crippen LogP contribution is -2.51. The average molecular weight is 279 g/mol. The molecule has 2 aliphatic rings. The largest absolute Gasteiger partial charge is 0.368 e. The van der Waals surface area contributed by atoms with Gasteiger partial charge in [-0.05, 0) is 12.8 Å². The number of amides is 1. The molecule has 1 aromatic rings. The van der Waals surface area contributed by atoms with Crippen LogP contribution in [0.25, 0.3) is 0 Å². The molecule has 2 saturated heterocycles. The molecule has 7 heteroatoms. The Bertz CT molecular complexity index is 461. The number of hydrogen-bond donors (Lipinski definition) is 0. The average Bonchev–Trinajstić information content (AvgIpc) is 3.12. The fraction of sp³-hybridized carbons (Fsp3) is 0.769. The molecule has 0 N–H and O–H groups in total. The molecule has 0 spiro atoms. The number of carbonyl (C=O) groups is 1. The van der Waals surface area contributed by atoms with Gasteiger partial charge in [0.1, 0.15) is 18.3 Å². The summed E-state index contributed by atoms with van der Waals surface area (Å²) in [5, 5.41) is 7.99. The van der Waals surface area contributed by atoms with E-state index in [1.165, 1.54) is 0 Å². The minimum Gasteiger partial charge on any atom is -0.368 e. The van der Waals surface area contributed by atoms with Gasteiger partial charge in [0.2, 0.25) is 0 Å². The molecule has 110 valence electrons. The fourth-order valence-electron chi connectivity index (χ4n) is 2.75. The van der Waals surface area contributed by atoms with Crippen molar-refractivity contribution in [3.63, 3.8) is 0 Å². The summed E-state index contributed by atoms with van der Waals surface area (Å²) >= 11 is 0. The second-order valence-corrected chi connectivity index (χ2v) is 5.46. The Balaban J connectivity index is 1.49. The van der Waals surface area contributed by atoms with Crippen LogP contribution in [-0.4, -0.2) is 69.4 Å². The Hall–Kier alpha value is -1.47. The van der Waals surface area contributed by atoms with Gasteiger partial charge >= 0.3 is 0 Å². The number of carbonyl (C=O) groups excluding carboxylic acids is 1. The summed E-state index contributed by atoms with van der Waals surface area (Å²) in [7, 11) is 1.95. The zero-order valence-corrected chi connectivity index (χ0v) is 11.9. The van der Waals surface area contributed by atoms with Crippen molar-refractivity contribution in [3.8, 4) is 0 Å². The van der Waals surface area contributed by atoms with E-state index in [0.717, 1.165) is 58.0 Å². The van der Waals surface area contributed by atoms with Gasteiger partial charge in [0.25, 0.3) is 5.91 Å². The van der Waals surface area contributed by atoms with Gasteiger partial charge in [-0.3, -0.25) is 9.69 Å². The molecule has 3 rings (SSSR count). The molecule has 3 heterocycles. The van der Waals surface area contributed by atoms with Crippen molar-refractivity contribution in [2.45, 2.75) is 25.5 Å². The summed E-state index contributed by atoms with van der Waals surface area (Å²) in [6.45, 7) is 4.82. The van der Waals surface area contributed by atoms with Gasteiger partial charge in [-0.25, -0.2) is 0 Å². The maximum atomic E-state index is 12.2. The number of aryl methyl sites for hydroxylation is 1. The minimum absolute atomic E-state index is 0.167. The first-order valence-corrected chi connectivity index (χ1v) is 7.19. The van der Waals surface area contributed by atoms with Crippen LogP contribution in [-0.2, 0) is 23.1 Å². The van der Waals surface area contributed by atoms with Crippen molar-refractivity contribution in [1.29, 1.82) is 0 Å². The molecule has 7 nitrogen and oxygen atoms in total. The first kappa shape index (κ1) is 13.5. The first-order chi connectivity index (χ1) is 9.74. The van der Waals surface area contributed by atoms with E-state index in [0.29, 0.717) is 0 Å². The van der Waals surface area contributed by atoms with E-state index in [9.17, 15) is 4.79 Å². The van der Waals surface area contributed by atoms with Gasteiger partial charge in [-0.15, -0.1) is 10.2 Å². The highest BCUT2D eigenvalue weighted by molar-refractivity contribution is 5.81. The highest BCUT2D eigenvalue weighted by Crippen LogP contribution is 2.16. The third-order valence-electron chi connectivity index (χ3n) is 4.06. The molecular weight excluding hydrogens is 258 g/mol. The number of aromatic nitrogens is 3. The van der Waals surface area contributed by atoms with E-state index >= 15 is 0 Å². The summed E-state index contributed by atoms with van der Waals surface area (Å²) in [5.74, 6) is 1.13. The number of rotatable bonds is 3. The van der Waals surface area contributed by atoms with Crippen molar-refractivity contribution in [3.05, 3.63) is 12.2 Å². The van der Waals surface area contributed by atoms with Gasteiger partial charge in [0.15, 0.2) is 0 Å². The van der Waals surface area contributed by atoms with Crippen LogP contribution in [0.2, 0.25) is 0 Å². The minimum atomic E-state index is -0.194. The molecule has 1 atom stereocenters. The summed E-state index contributed by atoms with van der Waals surface area (Å²) in [4.78, 5) is 16.5. The van der Waals surface area contributed by atoms with Gasteiger partial charge in [-0.1, -0.05) is 0 Å². The third kappa shape index (κ3) is 2.83. The van der Waals surface area contributed by atoms with Gasteiger partial charge in [-0.2, -0.15) is 0 Å². The zero-order chi connectivity index (χ0) is 13.9. The summed E-state index contributed by atoms with van der Waals surface area (Å²) in [6.07, 6.45) is 3.40. The predicted molar refractivity (Wildman–Crippen MR) is 71.8 cm³/mol. The van der Waals surface area contributed by atoms with Crippen molar-refractivity contribution in [2.75, 3.05) is 32.8 Å². The molecule has 0 bridgehead atoms. The van der Waals surface area contributed by atoms with Crippen molar-refractivity contribution >= 4 is 5.91 Å². The van der Waals surface area contributed by atoms with Crippen LogP contribution in [0.15, 0.2) is 6.33 Å². The molecular formula is C13H21N5O2. The quantitative estimate of drug-likeness (QED) is 0.756. The van der Waals surface area contributed by atoms with Crippen LogP contribution in [0, 0.1) is 0 Å². The smallest absolute Gasteiger partial charge is 0.251 e. The van der Waals surface area contributed by atoms with E-state index in [4.69, 9.17) is 4.74 Å². The van der Waals surface area contributed by atoms with E-state index < -0.39 is 0 Å². The van der Waals surface area contributed by atoms with Gasteiger partial charge in [0.05, 0.1) is 6.54 Å². The van der Waals surface area contributed by atoms with Gasteiger partial charge in [0, 0.05) is 39.8 Å². The molecule has 1 amide bonds. The predicted octanol–water partition coefficient (Wildman–Crippen LogP) is -0.362. The second kappa shape index (κ2) is 5.88. The Morgan fingerprint density at radius 2 is 2.20 bits per heavy atom. The molecule has 2 fully saturated rings. The maximum Gasteiger partial charge on any atom is 0.251 e. The van der Waals surface area contributed by atoms with Crippen molar-refractivity contribution in [2.24, 2.45) is 7.05 Å². The maximum absolute atomic E-state index is 12.2. The molecule has 0 aromatic carbocycles. The van der Waals surface area contributed by atoms with Crippen molar-refractivity contribution in [1.82, 2.24) is 24.6 Å². The molecule has 0 saturated carbocycles. The highest BCUT2D eigenvalue weighted by Gasteiger charge is 2.30. The highest BCUT2D eigenvalue weighted by atomic mass is 16.5. The fourth-order valence-corrected chi connectivity index (χ4v) is 2.75. The van der Waals surface area contributed by atoms with Crippen LogP contribution >= 0.6 is 0 Å². The Kier molecular flexibility index (Phi) is 3.98. The van der Waals surface area contributed by atoms with E-state index in [2.05, 4.69) is 15.1 Å². The lowest BCUT2D eigenvalue weighted by atomic mass is 10.2. The molecule has 0 radical (unpaired) electrons. The lowest BCUT2D eigenvalue weighted by molar-refractivity contribution is -0.142. The lowest BCUT2D eigenvalue weighted by Gasteiger charge is -2.35. The van der Waals surface area contributed by atoms with Crippen LogP contribution in [0.4, 0.5) is 0 Å². The van der Waals surface area contributed by atoms with Crippen LogP contribution in [0.3, 0.4) is 0 Å². The number of ether oxygens (including phenoxy) is 1. The number of hydrogen-bond acceptors (Lipinski definition) is 5. The standard InChI is InChI=1S/C13H21N5O2/c1-16-10-14-15-12(16)9-17-4-6-18(7-5-17)13(19)11-3-2-8-20-11/h10-11H,2-9H2,1H3/t11-/m1/s1. The molecule has 2 aliphatic heterocycles. The molecule has 0 unspecified atom stereocenters. The molecule has 0 aliphatic carbocycles. The number of nitrogens with zero attached hydrogens (tertiary/aromatic N) is 5. The Labute approximate surface area is 118 Å².